The van der Waals surface area contributed by atoms with E-state index in [9.17, 15) is 18.0 Å². The highest BCUT2D eigenvalue weighted by atomic mass is 32.2. The largest absolute Gasteiger partial charge is 0.390 e. The molecule has 2 aliphatic rings. The van der Waals surface area contributed by atoms with Crippen LogP contribution in [0.5, 0.6) is 0 Å². The van der Waals surface area contributed by atoms with Gasteiger partial charge in [-0.2, -0.15) is 0 Å². The highest BCUT2D eigenvalue weighted by Crippen LogP contribution is 2.25. The molecule has 4 N–H and O–H groups in total. The second kappa shape index (κ2) is 6.81. The highest BCUT2D eigenvalue weighted by Gasteiger charge is 2.27. The lowest BCUT2D eigenvalue weighted by molar-refractivity contribution is -0.116. The van der Waals surface area contributed by atoms with Gasteiger partial charge in [-0.25, -0.2) is 13.1 Å². The first-order chi connectivity index (χ1) is 11.8. The average Bonchev–Trinajstić information content (AvgIpc) is 2.96. The molecule has 9 nitrogen and oxygen atoms in total. The number of nitrogens with zero attached hydrogens (tertiary/aromatic N) is 1. The van der Waals surface area contributed by atoms with Gasteiger partial charge < -0.3 is 15.9 Å². The van der Waals surface area contributed by atoms with E-state index in [4.69, 9.17) is 10.6 Å². The fourth-order valence-corrected chi connectivity index (χ4v) is 3.80. The molecule has 0 saturated carbocycles. The third kappa shape index (κ3) is 3.97. The van der Waals surface area contributed by atoms with Crippen molar-refractivity contribution in [2.24, 2.45) is 10.9 Å². The molecule has 2 aliphatic heterocycles. The zero-order valence-electron chi connectivity index (χ0n) is 13.3. The number of hydrogen-bond donors (Lipinski definition) is 3. The molecule has 1 atom stereocenters. The number of nitrogens with one attached hydrogen (secondary N) is 2. The molecule has 0 spiro atoms. The van der Waals surface area contributed by atoms with Crippen LogP contribution in [0.25, 0.3) is 0 Å². The van der Waals surface area contributed by atoms with Gasteiger partial charge in [-0.3, -0.25) is 9.59 Å². The van der Waals surface area contributed by atoms with Gasteiger partial charge in [0, 0.05) is 18.5 Å². The SMILES string of the molecule is NC(=O)C1=NOC(CNS(=O)(=O)c2ccc3c(c2)CCCC(=O)N3)C1. The number of oxime groups is 1. The normalized spacial score (nSPS) is 20.1. The molecule has 0 radical (unpaired) electrons. The number of aryl methyl sites for hydroxylation is 1. The van der Waals surface area contributed by atoms with Gasteiger partial charge in [-0.1, -0.05) is 5.16 Å². The second-order valence-corrected chi connectivity index (χ2v) is 7.67. The number of sulfonamides is 1. The van der Waals surface area contributed by atoms with Crippen LogP contribution < -0.4 is 15.8 Å². The monoisotopic (exact) mass is 366 g/mol. The lowest BCUT2D eigenvalue weighted by atomic mass is 10.1. The number of fused-ring (bicyclic) bond motifs is 1. The maximum Gasteiger partial charge on any atom is 0.266 e. The summed E-state index contributed by atoms with van der Waals surface area (Å²) in [5, 5.41) is 6.29. The number of hydrogen-bond acceptors (Lipinski definition) is 6. The summed E-state index contributed by atoms with van der Waals surface area (Å²) in [6, 6.07) is 4.59. The molecule has 0 fully saturated rings. The number of anilines is 1. The third-order valence-electron chi connectivity index (χ3n) is 4.03. The van der Waals surface area contributed by atoms with Gasteiger partial charge in [0.1, 0.15) is 11.8 Å². The van der Waals surface area contributed by atoms with Crippen molar-refractivity contribution in [2.75, 3.05) is 11.9 Å². The second-order valence-electron chi connectivity index (χ2n) is 5.91. The lowest BCUT2D eigenvalue weighted by Gasteiger charge is -2.12. The van der Waals surface area contributed by atoms with E-state index < -0.39 is 22.0 Å². The summed E-state index contributed by atoms with van der Waals surface area (Å²) >= 11 is 0. The summed E-state index contributed by atoms with van der Waals surface area (Å²) in [4.78, 5) is 27.6. The van der Waals surface area contributed by atoms with Crippen LogP contribution in [0.4, 0.5) is 5.69 Å². The predicted octanol–water partition coefficient (Wildman–Crippen LogP) is -0.130. The minimum atomic E-state index is -3.75. The Morgan fingerprint density at radius 3 is 2.92 bits per heavy atom. The summed E-state index contributed by atoms with van der Waals surface area (Å²) in [6.07, 6.45) is 1.29. The average molecular weight is 366 g/mol. The molecule has 1 unspecified atom stereocenters. The van der Waals surface area contributed by atoms with E-state index in [1.54, 1.807) is 12.1 Å². The van der Waals surface area contributed by atoms with Crippen molar-refractivity contribution in [2.45, 2.75) is 36.7 Å². The Bertz CT molecular complexity index is 849. The molecule has 0 bridgehead atoms. The van der Waals surface area contributed by atoms with Crippen LogP contribution in [0.3, 0.4) is 0 Å². The first-order valence-corrected chi connectivity index (χ1v) is 9.28. The van der Waals surface area contributed by atoms with E-state index in [1.807, 2.05) is 0 Å². The minimum Gasteiger partial charge on any atom is -0.390 e. The van der Waals surface area contributed by atoms with Gasteiger partial charge in [0.05, 0.1) is 11.4 Å². The van der Waals surface area contributed by atoms with Crippen molar-refractivity contribution in [1.29, 1.82) is 0 Å². The maximum absolute atomic E-state index is 12.5. The number of nitrogens with two attached hydrogens (primary N) is 1. The molecule has 0 aromatic heterocycles. The summed E-state index contributed by atoms with van der Waals surface area (Å²) in [6.45, 7) is -0.0313. The van der Waals surface area contributed by atoms with Crippen molar-refractivity contribution < 1.29 is 22.8 Å². The fourth-order valence-electron chi connectivity index (χ4n) is 2.69. The van der Waals surface area contributed by atoms with E-state index in [0.29, 0.717) is 24.9 Å². The van der Waals surface area contributed by atoms with Gasteiger partial charge in [0.2, 0.25) is 15.9 Å². The summed E-state index contributed by atoms with van der Waals surface area (Å²) < 4.78 is 27.4. The molecule has 25 heavy (non-hydrogen) atoms. The fraction of sp³-hybridized carbons (Fsp3) is 0.400. The van der Waals surface area contributed by atoms with Crippen molar-refractivity contribution in [3.63, 3.8) is 0 Å². The number of rotatable bonds is 5. The van der Waals surface area contributed by atoms with Crippen LogP contribution in [0.15, 0.2) is 28.3 Å². The standard InChI is InChI=1S/C15H18N4O5S/c16-15(21)13-7-10(24-19-13)8-17-25(22,23)11-4-5-12-9(6-11)2-1-3-14(20)18-12/h4-6,10,17H,1-3,7-8H2,(H2,16,21)(H,18,20). The number of carbonyl (C=O) groups is 2. The van der Waals surface area contributed by atoms with Crippen LogP contribution in [0.2, 0.25) is 0 Å². The number of carbonyl (C=O) groups excluding carboxylic acids is 2. The zero-order chi connectivity index (χ0) is 18.0. The van der Waals surface area contributed by atoms with E-state index in [0.717, 1.165) is 5.56 Å². The summed E-state index contributed by atoms with van der Waals surface area (Å²) in [7, 11) is -3.75. The Labute approximate surface area is 144 Å². The molecule has 1 aromatic rings. The van der Waals surface area contributed by atoms with Gasteiger partial charge >= 0.3 is 0 Å². The lowest BCUT2D eigenvalue weighted by Crippen LogP contribution is -2.33. The van der Waals surface area contributed by atoms with Gasteiger partial charge in [-0.05, 0) is 36.6 Å². The summed E-state index contributed by atoms with van der Waals surface area (Å²) in [5.74, 6) is -0.755. The van der Waals surface area contributed by atoms with Crippen molar-refractivity contribution in [1.82, 2.24) is 4.72 Å². The van der Waals surface area contributed by atoms with Crippen molar-refractivity contribution in [3.8, 4) is 0 Å². The predicted molar refractivity (Wildman–Crippen MR) is 89.3 cm³/mol. The Balaban J connectivity index is 1.68. The van der Waals surface area contributed by atoms with E-state index in [-0.39, 0.29) is 29.5 Å². The Morgan fingerprint density at radius 1 is 1.40 bits per heavy atom. The Hall–Kier alpha value is -2.46. The Kier molecular flexibility index (Phi) is 4.73. The van der Waals surface area contributed by atoms with E-state index >= 15 is 0 Å². The quantitative estimate of drug-likeness (QED) is 0.666. The molecule has 2 amide bonds. The first kappa shape index (κ1) is 17.4. The van der Waals surface area contributed by atoms with Crippen molar-refractivity contribution >= 4 is 33.2 Å². The van der Waals surface area contributed by atoms with Crippen LogP contribution in [0, 0.1) is 0 Å². The minimum absolute atomic E-state index is 0.0313. The molecule has 3 rings (SSSR count). The van der Waals surface area contributed by atoms with E-state index in [1.165, 1.54) is 6.07 Å². The van der Waals surface area contributed by atoms with Gasteiger partial charge in [0.15, 0.2) is 0 Å². The molecule has 1 aromatic carbocycles. The molecule has 134 valence electrons. The van der Waals surface area contributed by atoms with E-state index in [2.05, 4.69) is 15.2 Å². The molecule has 0 aliphatic carbocycles. The topological polar surface area (TPSA) is 140 Å². The molecule has 10 heteroatoms. The smallest absolute Gasteiger partial charge is 0.266 e. The molecule has 0 saturated heterocycles. The van der Waals surface area contributed by atoms with Crippen LogP contribution in [0.1, 0.15) is 24.8 Å². The molecular formula is C15H18N4O5S. The maximum atomic E-state index is 12.5. The zero-order valence-corrected chi connectivity index (χ0v) is 14.1. The molecule has 2 heterocycles. The Morgan fingerprint density at radius 2 is 2.20 bits per heavy atom. The van der Waals surface area contributed by atoms with Crippen LogP contribution >= 0.6 is 0 Å². The molecular weight excluding hydrogens is 348 g/mol. The number of amides is 2. The highest BCUT2D eigenvalue weighted by molar-refractivity contribution is 7.89. The summed E-state index contributed by atoms with van der Waals surface area (Å²) in [5.41, 5.74) is 6.61. The van der Waals surface area contributed by atoms with Crippen molar-refractivity contribution in [3.05, 3.63) is 23.8 Å². The van der Waals surface area contributed by atoms with Crippen LogP contribution in [-0.2, 0) is 30.9 Å². The number of benzene rings is 1. The van der Waals surface area contributed by atoms with Gasteiger partial charge in [-0.15, -0.1) is 0 Å². The number of primary amides is 1. The third-order valence-corrected chi connectivity index (χ3v) is 5.45. The first-order valence-electron chi connectivity index (χ1n) is 7.80. The van der Waals surface area contributed by atoms with Crippen LogP contribution in [-0.4, -0.2) is 38.6 Å². The van der Waals surface area contributed by atoms with Gasteiger partial charge in [0.25, 0.3) is 5.91 Å².